The average Bonchev–Trinajstić information content (AvgIpc) is 2.84. The van der Waals surface area contributed by atoms with E-state index >= 15 is 0 Å². The molecule has 0 aromatic heterocycles. The molecule has 7 heteroatoms. The van der Waals surface area contributed by atoms with Crippen molar-refractivity contribution in [3.05, 3.63) is 47.0 Å². The first kappa shape index (κ1) is 16.4. The SMILES string of the molecule is CC(=O)CC(=O)c1ccc2c(c1N)Cc1cc(S(=O)(=O)O)ccc1-2. The Balaban J connectivity index is 2.06. The van der Waals surface area contributed by atoms with E-state index in [1.807, 2.05) is 0 Å². The summed E-state index contributed by atoms with van der Waals surface area (Å²) in [6, 6.07) is 7.68. The maximum atomic E-state index is 12.1. The number of anilines is 1. The summed E-state index contributed by atoms with van der Waals surface area (Å²) < 4.78 is 31.7. The molecule has 0 atom stereocenters. The number of Topliss-reactive ketones (excluding diaryl/α,β-unsaturated/α-hetero) is 2. The smallest absolute Gasteiger partial charge is 0.294 e. The fourth-order valence-electron chi connectivity index (χ4n) is 3.00. The third-order valence-electron chi connectivity index (χ3n) is 4.10. The highest BCUT2D eigenvalue weighted by atomic mass is 32.2. The number of nitrogens with two attached hydrogens (primary N) is 1. The van der Waals surface area contributed by atoms with E-state index in [4.69, 9.17) is 10.3 Å². The van der Waals surface area contributed by atoms with Gasteiger partial charge in [-0.3, -0.25) is 14.1 Å². The van der Waals surface area contributed by atoms with E-state index in [0.29, 0.717) is 23.2 Å². The maximum absolute atomic E-state index is 12.1. The molecule has 6 nitrogen and oxygen atoms in total. The van der Waals surface area contributed by atoms with Gasteiger partial charge in [0.2, 0.25) is 0 Å². The van der Waals surface area contributed by atoms with Gasteiger partial charge in [0.1, 0.15) is 5.78 Å². The molecule has 0 heterocycles. The Morgan fingerprint density at radius 3 is 2.46 bits per heavy atom. The second kappa shape index (κ2) is 5.54. The van der Waals surface area contributed by atoms with Crippen LogP contribution in [0, 0.1) is 0 Å². The Labute approximate surface area is 139 Å². The van der Waals surface area contributed by atoms with Gasteiger partial charge in [-0.05, 0) is 47.4 Å². The zero-order valence-electron chi connectivity index (χ0n) is 12.9. The molecule has 3 rings (SSSR count). The molecule has 0 aliphatic heterocycles. The molecular weight excluding hydrogens is 330 g/mol. The first-order chi connectivity index (χ1) is 11.2. The topological polar surface area (TPSA) is 115 Å². The molecule has 1 aliphatic carbocycles. The monoisotopic (exact) mass is 345 g/mol. The van der Waals surface area contributed by atoms with Gasteiger partial charge in [0.15, 0.2) is 5.78 Å². The molecular formula is C17H15NO5S. The Hall–Kier alpha value is -2.51. The lowest BCUT2D eigenvalue weighted by molar-refractivity contribution is -0.116. The van der Waals surface area contributed by atoms with Gasteiger partial charge in [0, 0.05) is 17.7 Å². The number of carbonyl (C=O) groups is 2. The number of hydrogen-bond acceptors (Lipinski definition) is 5. The van der Waals surface area contributed by atoms with Crippen molar-refractivity contribution in [2.24, 2.45) is 0 Å². The maximum Gasteiger partial charge on any atom is 0.294 e. The number of ketones is 2. The zero-order chi connectivity index (χ0) is 17.6. The molecule has 0 bridgehead atoms. The van der Waals surface area contributed by atoms with Gasteiger partial charge in [-0.15, -0.1) is 0 Å². The second-order valence-electron chi connectivity index (χ2n) is 5.83. The van der Waals surface area contributed by atoms with E-state index in [9.17, 15) is 18.0 Å². The van der Waals surface area contributed by atoms with Gasteiger partial charge >= 0.3 is 0 Å². The largest absolute Gasteiger partial charge is 0.398 e. The number of benzene rings is 2. The van der Waals surface area contributed by atoms with E-state index in [1.54, 1.807) is 18.2 Å². The first-order valence-electron chi connectivity index (χ1n) is 7.23. The predicted molar refractivity (Wildman–Crippen MR) is 88.5 cm³/mol. The van der Waals surface area contributed by atoms with Crippen LogP contribution in [0.25, 0.3) is 11.1 Å². The van der Waals surface area contributed by atoms with E-state index in [-0.39, 0.29) is 22.9 Å². The molecule has 2 aromatic carbocycles. The minimum atomic E-state index is -4.28. The number of carbonyl (C=O) groups excluding carboxylic acids is 2. The van der Waals surface area contributed by atoms with Crippen molar-refractivity contribution in [3.8, 4) is 11.1 Å². The van der Waals surface area contributed by atoms with Crippen LogP contribution in [0.5, 0.6) is 0 Å². The quantitative estimate of drug-likeness (QED) is 0.324. The summed E-state index contributed by atoms with van der Waals surface area (Å²) in [7, 11) is -4.28. The van der Waals surface area contributed by atoms with Crippen molar-refractivity contribution < 1.29 is 22.6 Å². The lowest BCUT2D eigenvalue weighted by Gasteiger charge is -2.09. The normalized spacial score (nSPS) is 12.6. The summed E-state index contributed by atoms with van der Waals surface area (Å²) in [6.45, 7) is 1.34. The highest BCUT2D eigenvalue weighted by Gasteiger charge is 2.25. The van der Waals surface area contributed by atoms with Crippen LogP contribution >= 0.6 is 0 Å². The molecule has 124 valence electrons. The second-order valence-corrected chi connectivity index (χ2v) is 7.25. The standard InChI is InChI=1S/C17H15NO5S/c1-9(19)6-16(20)14-5-4-13-12-3-2-11(24(21,22)23)7-10(12)8-15(13)17(14)18/h2-5,7H,6,8,18H2,1H3,(H,21,22,23). The van der Waals surface area contributed by atoms with Crippen LogP contribution in [0.15, 0.2) is 35.2 Å². The van der Waals surface area contributed by atoms with Crippen LogP contribution in [0.1, 0.15) is 34.8 Å². The van der Waals surface area contributed by atoms with Gasteiger partial charge in [0.25, 0.3) is 10.1 Å². The Morgan fingerprint density at radius 2 is 1.83 bits per heavy atom. The molecule has 0 spiro atoms. The average molecular weight is 345 g/mol. The summed E-state index contributed by atoms with van der Waals surface area (Å²) >= 11 is 0. The molecule has 0 saturated carbocycles. The number of nitrogen functional groups attached to an aromatic ring is 1. The number of fused-ring (bicyclic) bond motifs is 3. The Kier molecular flexibility index (Phi) is 3.77. The van der Waals surface area contributed by atoms with Gasteiger partial charge in [-0.1, -0.05) is 12.1 Å². The minimum Gasteiger partial charge on any atom is -0.398 e. The summed E-state index contributed by atoms with van der Waals surface area (Å²) in [5, 5.41) is 0. The fourth-order valence-corrected chi connectivity index (χ4v) is 3.53. The highest BCUT2D eigenvalue weighted by Crippen LogP contribution is 2.41. The van der Waals surface area contributed by atoms with Gasteiger partial charge in [0.05, 0.1) is 11.3 Å². The summed E-state index contributed by atoms with van der Waals surface area (Å²) in [5.41, 5.74) is 9.80. The lowest BCUT2D eigenvalue weighted by Crippen LogP contribution is -2.09. The van der Waals surface area contributed by atoms with Gasteiger partial charge in [-0.25, -0.2) is 0 Å². The Morgan fingerprint density at radius 1 is 1.17 bits per heavy atom. The van der Waals surface area contributed by atoms with E-state index in [2.05, 4.69) is 0 Å². The molecule has 3 N–H and O–H groups in total. The number of rotatable bonds is 4. The molecule has 0 radical (unpaired) electrons. The Bertz CT molecular complexity index is 992. The molecule has 1 aliphatic rings. The highest BCUT2D eigenvalue weighted by molar-refractivity contribution is 7.85. The van der Waals surface area contributed by atoms with Crippen LogP contribution in [0.3, 0.4) is 0 Å². The van der Waals surface area contributed by atoms with Crippen LogP contribution in [-0.2, 0) is 21.3 Å². The van der Waals surface area contributed by atoms with Crippen LogP contribution in [-0.4, -0.2) is 24.5 Å². The van der Waals surface area contributed by atoms with Gasteiger partial charge < -0.3 is 5.73 Å². The zero-order valence-corrected chi connectivity index (χ0v) is 13.7. The summed E-state index contributed by atoms with van der Waals surface area (Å²) in [4.78, 5) is 23.1. The van der Waals surface area contributed by atoms with Crippen LogP contribution in [0.2, 0.25) is 0 Å². The van der Waals surface area contributed by atoms with Crippen LogP contribution < -0.4 is 5.73 Å². The summed E-state index contributed by atoms with van der Waals surface area (Å²) in [6.07, 6.45) is 0.157. The van der Waals surface area contributed by atoms with Crippen molar-refractivity contribution in [2.45, 2.75) is 24.7 Å². The van der Waals surface area contributed by atoms with E-state index in [1.165, 1.54) is 19.1 Å². The minimum absolute atomic E-state index is 0.180. The first-order valence-corrected chi connectivity index (χ1v) is 8.67. The molecule has 0 amide bonds. The van der Waals surface area contributed by atoms with Crippen molar-refractivity contribution in [3.63, 3.8) is 0 Å². The van der Waals surface area contributed by atoms with Crippen molar-refractivity contribution >= 4 is 27.4 Å². The molecule has 0 saturated heterocycles. The van der Waals surface area contributed by atoms with Crippen LogP contribution in [0.4, 0.5) is 5.69 Å². The van der Waals surface area contributed by atoms with E-state index in [0.717, 1.165) is 16.7 Å². The third kappa shape index (κ3) is 2.72. The van der Waals surface area contributed by atoms with Crippen molar-refractivity contribution in [2.75, 3.05) is 5.73 Å². The molecule has 0 fully saturated rings. The molecule has 0 unspecified atom stereocenters. The van der Waals surface area contributed by atoms with Crippen molar-refractivity contribution in [1.29, 1.82) is 0 Å². The molecule has 24 heavy (non-hydrogen) atoms. The van der Waals surface area contributed by atoms with Crippen molar-refractivity contribution in [1.82, 2.24) is 0 Å². The third-order valence-corrected chi connectivity index (χ3v) is 4.95. The lowest BCUT2D eigenvalue weighted by atomic mass is 9.97. The predicted octanol–water partition coefficient (Wildman–Crippen LogP) is 2.25. The molecule has 2 aromatic rings. The number of hydrogen-bond donors (Lipinski definition) is 2. The summed E-state index contributed by atoms with van der Waals surface area (Å²) in [5.74, 6) is -0.571. The van der Waals surface area contributed by atoms with Gasteiger partial charge in [-0.2, -0.15) is 8.42 Å². The van der Waals surface area contributed by atoms with E-state index < -0.39 is 10.1 Å². The fraction of sp³-hybridized carbons (Fsp3) is 0.176.